The van der Waals surface area contributed by atoms with Crippen molar-refractivity contribution in [2.45, 2.75) is 25.4 Å². The van der Waals surface area contributed by atoms with Crippen LogP contribution in [0.4, 0.5) is 0 Å². The number of rotatable bonds is 6. The highest BCUT2D eigenvalue weighted by atomic mass is 16.5. The van der Waals surface area contributed by atoms with Gasteiger partial charge in [0.15, 0.2) is 0 Å². The molecule has 0 aromatic heterocycles. The minimum absolute atomic E-state index is 0.349. The van der Waals surface area contributed by atoms with Crippen molar-refractivity contribution in [1.29, 1.82) is 0 Å². The summed E-state index contributed by atoms with van der Waals surface area (Å²) in [5, 5.41) is 0. The van der Waals surface area contributed by atoms with E-state index in [-0.39, 0.29) is 5.60 Å². The molecule has 0 radical (unpaired) electrons. The Bertz CT molecular complexity index is 707. The summed E-state index contributed by atoms with van der Waals surface area (Å²) in [5.41, 5.74) is 2.20. The molecule has 116 valence electrons. The van der Waals surface area contributed by atoms with Crippen LogP contribution in [0.25, 0.3) is 0 Å². The quantitative estimate of drug-likeness (QED) is 0.574. The SMILES string of the molecule is CC(CCc1ccccc1)(Oc1ccccc1)c1ccccc1. The summed E-state index contributed by atoms with van der Waals surface area (Å²) in [6.07, 6.45) is 1.91. The second-order valence-corrected chi connectivity index (χ2v) is 6.00. The van der Waals surface area contributed by atoms with Gasteiger partial charge >= 0.3 is 0 Å². The Morgan fingerprint density at radius 1 is 0.696 bits per heavy atom. The van der Waals surface area contributed by atoms with E-state index in [4.69, 9.17) is 4.74 Å². The van der Waals surface area contributed by atoms with E-state index in [1.807, 2.05) is 36.4 Å². The Balaban J connectivity index is 1.84. The molecule has 0 saturated carbocycles. The summed E-state index contributed by atoms with van der Waals surface area (Å²) >= 11 is 0. The van der Waals surface area contributed by atoms with Crippen molar-refractivity contribution in [2.75, 3.05) is 0 Å². The predicted octanol–water partition coefficient (Wildman–Crippen LogP) is 5.61. The second kappa shape index (κ2) is 7.15. The molecule has 1 unspecified atom stereocenters. The Morgan fingerprint density at radius 2 is 1.22 bits per heavy atom. The first-order valence-corrected chi connectivity index (χ1v) is 8.10. The molecule has 1 heteroatoms. The molecule has 0 heterocycles. The van der Waals surface area contributed by atoms with E-state index in [1.54, 1.807) is 0 Å². The summed E-state index contributed by atoms with van der Waals surface area (Å²) in [6.45, 7) is 2.18. The molecule has 3 aromatic carbocycles. The topological polar surface area (TPSA) is 9.23 Å². The monoisotopic (exact) mass is 302 g/mol. The van der Waals surface area contributed by atoms with Crippen LogP contribution in [0.5, 0.6) is 5.75 Å². The molecule has 3 rings (SSSR count). The van der Waals surface area contributed by atoms with Crippen molar-refractivity contribution in [3.63, 3.8) is 0 Å². The standard InChI is InChI=1S/C22H22O/c1-22(20-13-7-3-8-14-20,23-21-15-9-4-10-16-21)18-17-19-11-5-2-6-12-19/h2-16H,17-18H2,1H3. The van der Waals surface area contributed by atoms with Crippen LogP contribution >= 0.6 is 0 Å². The molecule has 3 aromatic rings. The fraction of sp³-hybridized carbons (Fsp3) is 0.182. The van der Waals surface area contributed by atoms with E-state index in [1.165, 1.54) is 11.1 Å². The molecule has 0 spiro atoms. The third-order valence-corrected chi connectivity index (χ3v) is 4.20. The van der Waals surface area contributed by atoms with Crippen LogP contribution in [0.1, 0.15) is 24.5 Å². The van der Waals surface area contributed by atoms with Gasteiger partial charge in [-0.25, -0.2) is 0 Å². The third kappa shape index (κ3) is 4.01. The lowest BCUT2D eigenvalue weighted by Gasteiger charge is -2.31. The molecule has 23 heavy (non-hydrogen) atoms. The van der Waals surface area contributed by atoms with E-state index >= 15 is 0 Å². The summed E-state index contributed by atoms with van der Waals surface area (Å²) in [4.78, 5) is 0. The number of hydrogen-bond donors (Lipinski definition) is 0. The van der Waals surface area contributed by atoms with Crippen molar-refractivity contribution in [1.82, 2.24) is 0 Å². The number of para-hydroxylation sites is 1. The van der Waals surface area contributed by atoms with Crippen LogP contribution in [0.2, 0.25) is 0 Å². The van der Waals surface area contributed by atoms with Gasteiger partial charge in [0, 0.05) is 0 Å². The largest absolute Gasteiger partial charge is 0.483 e. The van der Waals surface area contributed by atoms with Gasteiger partial charge in [0.2, 0.25) is 0 Å². The van der Waals surface area contributed by atoms with E-state index in [0.29, 0.717) is 0 Å². The van der Waals surface area contributed by atoms with Crippen LogP contribution in [0.3, 0.4) is 0 Å². The minimum atomic E-state index is -0.349. The Labute approximate surface area is 138 Å². The second-order valence-electron chi connectivity index (χ2n) is 6.00. The fourth-order valence-electron chi connectivity index (χ4n) is 2.82. The average molecular weight is 302 g/mol. The highest BCUT2D eigenvalue weighted by Crippen LogP contribution is 2.32. The molecule has 0 saturated heterocycles. The third-order valence-electron chi connectivity index (χ3n) is 4.20. The first kappa shape index (κ1) is 15.4. The summed E-state index contributed by atoms with van der Waals surface area (Å²) < 4.78 is 6.41. The maximum absolute atomic E-state index is 6.41. The zero-order chi connectivity index (χ0) is 16.0. The molecule has 0 N–H and O–H groups in total. The van der Waals surface area contributed by atoms with Crippen LogP contribution in [-0.2, 0) is 12.0 Å². The van der Waals surface area contributed by atoms with Crippen molar-refractivity contribution in [3.8, 4) is 5.75 Å². The number of benzene rings is 3. The molecule has 0 amide bonds. The average Bonchev–Trinajstić information content (AvgIpc) is 2.63. The van der Waals surface area contributed by atoms with E-state index < -0.39 is 0 Å². The van der Waals surface area contributed by atoms with Gasteiger partial charge in [0.25, 0.3) is 0 Å². The van der Waals surface area contributed by atoms with E-state index in [2.05, 4.69) is 61.5 Å². The molecule has 0 fully saturated rings. The first-order chi connectivity index (χ1) is 11.3. The minimum Gasteiger partial charge on any atom is -0.483 e. The van der Waals surface area contributed by atoms with Crippen LogP contribution in [0, 0.1) is 0 Å². The molecule has 0 aliphatic heterocycles. The normalized spacial score (nSPS) is 13.3. The lowest BCUT2D eigenvalue weighted by molar-refractivity contribution is 0.0773. The molecule has 0 aliphatic rings. The zero-order valence-electron chi connectivity index (χ0n) is 13.5. The summed E-state index contributed by atoms with van der Waals surface area (Å²) in [7, 11) is 0. The van der Waals surface area contributed by atoms with Crippen LogP contribution < -0.4 is 4.74 Å². The fourth-order valence-corrected chi connectivity index (χ4v) is 2.82. The molecule has 0 aliphatic carbocycles. The number of hydrogen-bond acceptors (Lipinski definition) is 1. The van der Waals surface area contributed by atoms with E-state index in [9.17, 15) is 0 Å². The van der Waals surface area contributed by atoms with Crippen molar-refractivity contribution < 1.29 is 4.74 Å². The summed E-state index contributed by atoms with van der Waals surface area (Å²) in [5.74, 6) is 0.909. The maximum atomic E-state index is 6.41. The highest BCUT2D eigenvalue weighted by Gasteiger charge is 2.28. The molecular formula is C22H22O. The smallest absolute Gasteiger partial charge is 0.131 e. The molecule has 1 nitrogen and oxygen atoms in total. The van der Waals surface area contributed by atoms with Gasteiger partial charge in [-0.05, 0) is 43.0 Å². The zero-order valence-corrected chi connectivity index (χ0v) is 13.5. The Hall–Kier alpha value is -2.54. The van der Waals surface area contributed by atoms with Gasteiger partial charge in [0.1, 0.15) is 11.4 Å². The van der Waals surface area contributed by atoms with Gasteiger partial charge in [-0.1, -0.05) is 78.9 Å². The van der Waals surface area contributed by atoms with Gasteiger partial charge in [-0.3, -0.25) is 0 Å². The van der Waals surface area contributed by atoms with Gasteiger partial charge < -0.3 is 4.74 Å². The highest BCUT2D eigenvalue weighted by molar-refractivity contribution is 5.28. The molecule has 1 atom stereocenters. The lowest BCUT2D eigenvalue weighted by atomic mass is 9.89. The van der Waals surface area contributed by atoms with E-state index in [0.717, 1.165) is 18.6 Å². The number of ether oxygens (including phenoxy) is 1. The van der Waals surface area contributed by atoms with Crippen molar-refractivity contribution in [3.05, 3.63) is 102 Å². The summed E-state index contributed by atoms with van der Waals surface area (Å²) in [6, 6.07) is 31.1. The van der Waals surface area contributed by atoms with Crippen molar-refractivity contribution >= 4 is 0 Å². The molecule has 0 bridgehead atoms. The first-order valence-electron chi connectivity index (χ1n) is 8.10. The Kier molecular flexibility index (Phi) is 4.77. The van der Waals surface area contributed by atoms with Gasteiger partial charge in [0.05, 0.1) is 0 Å². The number of aryl methyl sites for hydroxylation is 1. The lowest BCUT2D eigenvalue weighted by Crippen LogP contribution is -2.30. The van der Waals surface area contributed by atoms with Crippen LogP contribution in [0.15, 0.2) is 91.0 Å². The van der Waals surface area contributed by atoms with Crippen LogP contribution in [-0.4, -0.2) is 0 Å². The predicted molar refractivity (Wildman–Crippen MR) is 95.6 cm³/mol. The van der Waals surface area contributed by atoms with Gasteiger partial charge in [-0.15, -0.1) is 0 Å². The van der Waals surface area contributed by atoms with Gasteiger partial charge in [-0.2, -0.15) is 0 Å². The maximum Gasteiger partial charge on any atom is 0.131 e. The molecular weight excluding hydrogens is 280 g/mol. The van der Waals surface area contributed by atoms with Crippen molar-refractivity contribution in [2.24, 2.45) is 0 Å². The Morgan fingerprint density at radius 3 is 1.83 bits per heavy atom.